The Labute approximate surface area is 163 Å². The molecule has 0 fully saturated rings. The highest BCUT2D eigenvalue weighted by atomic mass is 35.5. The van der Waals surface area contributed by atoms with Gasteiger partial charge in [-0.2, -0.15) is 9.78 Å². The van der Waals surface area contributed by atoms with Crippen LogP contribution in [-0.4, -0.2) is 30.8 Å². The minimum absolute atomic E-state index is 0.267. The first kappa shape index (κ1) is 18.4. The Morgan fingerprint density at radius 1 is 1.08 bits per heavy atom. The predicted octanol–water partition coefficient (Wildman–Crippen LogP) is 3.90. The second-order valence-corrected chi connectivity index (χ2v) is 6.37. The van der Waals surface area contributed by atoms with Gasteiger partial charge in [-0.05, 0) is 25.1 Å². The van der Waals surface area contributed by atoms with Gasteiger partial charge < -0.3 is 10.6 Å². The first-order valence-electron chi connectivity index (χ1n) is 7.35. The molecule has 1 aromatic carbocycles. The van der Waals surface area contributed by atoms with Gasteiger partial charge in [-0.25, -0.2) is 19.7 Å². The van der Waals surface area contributed by atoms with Crippen molar-refractivity contribution in [3.05, 3.63) is 57.8 Å². The van der Waals surface area contributed by atoms with E-state index in [4.69, 9.17) is 34.8 Å². The van der Waals surface area contributed by atoms with Crippen molar-refractivity contribution >= 4 is 46.5 Å². The highest BCUT2D eigenvalue weighted by molar-refractivity contribution is 6.44. The molecule has 0 radical (unpaired) electrons. The highest BCUT2D eigenvalue weighted by Crippen LogP contribution is 2.32. The van der Waals surface area contributed by atoms with E-state index in [2.05, 4.69) is 30.7 Å². The molecule has 0 bridgehead atoms. The van der Waals surface area contributed by atoms with Crippen molar-refractivity contribution in [3.63, 3.8) is 0 Å². The maximum atomic E-state index is 12.3. The van der Waals surface area contributed by atoms with Crippen LogP contribution in [-0.2, 0) is 0 Å². The first-order chi connectivity index (χ1) is 12.5. The molecule has 0 unspecified atom stereocenters. The molecule has 26 heavy (non-hydrogen) atoms. The van der Waals surface area contributed by atoms with Crippen LogP contribution in [0.5, 0.6) is 0 Å². The number of amides is 2. The van der Waals surface area contributed by atoms with Crippen LogP contribution >= 0.6 is 34.8 Å². The number of aromatic nitrogens is 5. The van der Waals surface area contributed by atoms with Crippen molar-refractivity contribution in [3.8, 4) is 5.95 Å². The average Bonchev–Trinajstić information content (AvgIpc) is 3.10. The molecule has 0 saturated carbocycles. The van der Waals surface area contributed by atoms with E-state index >= 15 is 0 Å². The van der Waals surface area contributed by atoms with Gasteiger partial charge in [0.25, 0.3) is 5.95 Å². The molecule has 2 aromatic heterocycles. The van der Waals surface area contributed by atoms with Crippen molar-refractivity contribution in [2.45, 2.75) is 13.0 Å². The van der Waals surface area contributed by atoms with E-state index in [1.807, 2.05) is 0 Å². The summed E-state index contributed by atoms with van der Waals surface area (Å²) >= 11 is 17.9. The van der Waals surface area contributed by atoms with Gasteiger partial charge in [0, 0.05) is 12.4 Å². The molecule has 0 spiro atoms. The van der Waals surface area contributed by atoms with E-state index in [1.165, 1.54) is 23.1 Å². The minimum Gasteiger partial charge on any atom is -0.328 e. The summed E-state index contributed by atoms with van der Waals surface area (Å²) in [6.45, 7) is 1.75. The summed E-state index contributed by atoms with van der Waals surface area (Å²) in [5.74, 6) is 0.813. The molecule has 1 atom stereocenters. The Kier molecular flexibility index (Phi) is 5.55. The van der Waals surface area contributed by atoms with Crippen LogP contribution in [0.3, 0.4) is 0 Å². The maximum absolute atomic E-state index is 12.3. The molecule has 0 saturated heterocycles. The summed E-state index contributed by atoms with van der Waals surface area (Å²) in [6, 6.07) is 3.63. The molecular weight excluding hydrogens is 401 g/mol. The molecule has 2 heterocycles. The van der Waals surface area contributed by atoms with E-state index < -0.39 is 12.1 Å². The number of halogens is 3. The van der Waals surface area contributed by atoms with Gasteiger partial charge in [-0.1, -0.05) is 34.8 Å². The van der Waals surface area contributed by atoms with Crippen LogP contribution in [0.1, 0.15) is 18.8 Å². The quantitative estimate of drug-likeness (QED) is 0.633. The van der Waals surface area contributed by atoms with Crippen LogP contribution in [0.4, 0.5) is 10.5 Å². The lowest BCUT2D eigenvalue weighted by atomic mass is 10.3. The summed E-state index contributed by atoms with van der Waals surface area (Å²) in [5, 5.41) is 10.3. The summed E-state index contributed by atoms with van der Waals surface area (Å²) in [6.07, 6.45) is 4.54. The number of urea groups is 1. The fourth-order valence-electron chi connectivity index (χ4n) is 2.14. The van der Waals surface area contributed by atoms with E-state index in [0.29, 0.717) is 22.5 Å². The first-order valence-corrected chi connectivity index (χ1v) is 8.48. The number of hydrogen-bond acceptors (Lipinski definition) is 5. The zero-order chi connectivity index (χ0) is 18.7. The third kappa shape index (κ3) is 4.04. The molecular formula is C15H12Cl3N7O. The van der Waals surface area contributed by atoms with Crippen LogP contribution < -0.4 is 10.6 Å². The number of carbonyl (C=O) groups is 1. The van der Waals surface area contributed by atoms with Crippen molar-refractivity contribution in [1.29, 1.82) is 0 Å². The fraction of sp³-hybridized carbons (Fsp3) is 0.133. The Morgan fingerprint density at radius 3 is 2.50 bits per heavy atom. The molecule has 8 nitrogen and oxygen atoms in total. The second-order valence-electron chi connectivity index (χ2n) is 5.15. The highest BCUT2D eigenvalue weighted by Gasteiger charge is 2.18. The van der Waals surface area contributed by atoms with Gasteiger partial charge in [0.2, 0.25) is 0 Å². The van der Waals surface area contributed by atoms with Gasteiger partial charge >= 0.3 is 6.03 Å². The summed E-state index contributed by atoms with van der Waals surface area (Å²) in [7, 11) is 0. The normalized spacial score (nSPS) is 11.8. The molecule has 0 aliphatic rings. The average molecular weight is 413 g/mol. The molecule has 3 rings (SSSR count). The molecule has 134 valence electrons. The lowest BCUT2D eigenvalue weighted by Crippen LogP contribution is -2.32. The lowest BCUT2D eigenvalue weighted by Gasteiger charge is -2.15. The lowest BCUT2D eigenvalue weighted by molar-refractivity contribution is 0.248. The van der Waals surface area contributed by atoms with Gasteiger partial charge in [0.15, 0.2) is 5.82 Å². The molecule has 2 amide bonds. The second kappa shape index (κ2) is 7.86. The van der Waals surface area contributed by atoms with Crippen LogP contribution in [0.2, 0.25) is 15.1 Å². The molecule has 2 N–H and O–H groups in total. The standard InChI is InChI=1S/C15H12Cl3N7O/c1-8(13-21-7-22-25(13)14-19-3-2-4-20-14)23-15(26)24-12-6-10(17)9(16)5-11(12)18/h2-8H,1H3,(H2,23,24,26)/t8-/m0/s1. The van der Waals surface area contributed by atoms with E-state index in [0.717, 1.165) is 0 Å². The monoisotopic (exact) mass is 411 g/mol. The van der Waals surface area contributed by atoms with Gasteiger partial charge in [-0.15, -0.1) is 0 Å². The van der Waals surface area contributed by atoms with Gasteiger partial charge in [0.05, 0.1) is 26.8 Å². The molecule has 0 aliphatic heterocycles. The molecule has 3 aromatic rings. The predicted molar refractivity (Wildman–Crippen MR) is 99.0 cm³/mol. The Bertz CT molecular complexity index is 932. The Hall–Kier alpha value is -2.42. The third-order valence-corrected chi connectivity index (χ3v) is 4.34. The summed E-state index contributed by atoms with van der Waals surface area (Å²) in [5.41, 5.74) is 0.332. The number of rotatable bonds is 4. The third-order valence-electron chi connectivity index (χ3n) is 3.31. The van der Waals surface area contributed by atoms with E-state index in [9.17, 15) is 4.79 Å². The minimum atomic E-state index is -0.499. The Balaban J connectivity index is 1.73. The zero-order valence-corrected chi connectivity index (χ0v) is 15.6. The number of hydrogen-bond donors (Lipinski definition) is 2. The van der Waals surface area contributed by atoms with Crippen LogP contribution in [0.15, 0.2) is 36.9 Å². The number of benzene rings is 1. The zero-order valence-electron chi connectivity index (χ0n) is 13.3. The summed E-state index contributed by atoms with van der Waals surface area (Å²) < 4.78 is 1.44. The van der Waals surface area contributed by atoms with Crippen molar-refractivity contribution in [2.24, 2.45) is 0 Å². The molecule has 11 heteroatoms. The number of nitrogens with zero attached hydrogens (tertiary/aromatic N) is 5. The fourth-order valence-corrected chi connectivity index (χ4v) is 2.73. The topological polar surface area (TPSA) is 97.6 Å². The van der Waals surface area contributed by atoms with Crippen molar-refractivity contribution in [2.75, 3.05) is 5.32 Å². The largest absolute Gasteiger partial charge is 0.328 e. The number of nitrogens with one attached hydrogen (secondary N) is 2. The van der Waals surface area contributed by atoms with Crippen LogP contribution in [0.25, 0.3) is 5.95 Å². The van der Waals surface area contributed by atoms with Crippen molar-refractivity contribution in [1.82, 2.24) is 30.0 Å². The van der Waals surface area contributed by atoms with Crippen LogP contribution in [0, 0.1) is 0 Å². The summed E-state index contributed by atoms with van der Waals surface area (Å²) in [4.78, 5) is 24.7. The Morgan fingerprint density at radius 2 is 1.77 bits per heavy atom. The number of carbonyl (C=O) groups excluding carboxylic acids is 1. The van der Waals surface area contributed by atoms with E-state index in [-0.39, 0.29) is 10.0 Å². The number of anilines is 1. The maximum Gasteiger partial charge on any atom is 0.319 e. The van der Waals surface area contributed by atoms with E-state index in [1.54, 1.807) is 25.4 Å². The van der Waals surface area contributed by atoms with Gasteiger partial charge in [0.1, 0.15) is 6.33 Å². The smallest absolute Gasteiger partial charge is 0.319 e. The molecule has 0 aliphatic carbocycles. The van der Waals surface area contributed by atoms with Gasteiger partial charge in [-0.3, -0.25) is 0 Å². The van der Waals surface area contributed by atoms with Crippen molar-refractivity contribution < 1.29 is 4.79 Å². The SMILES string of the molecule is C[C@H](NC(=O)Nc1cc(Cl)c(Cl)cc1Cl)c1ncnn1-c1ncccn1.